The first-order valence-electron chi connectivity index (χ1n) is 8.29. The van der Waals surface area contributed by atoms with Gasteiger partial charge < -0.3 is 9.47 Å². The van der Waals surface area contributed by atoms with Crippen molar-refractivity contribution in [3.63, 3.8) is 0 Å². The molecule has 0 saturated carbocycles. The summed E-state index contributed by atoms with van der Waals surface area (Å²) in [5.41, 5.74) is 1.91. The highest BCUT2D eigenvalue weighted by Gasteiger charge is 2.36. The van der Waals surface area contributed by atoms with Gasteiger partial charge in [-0.1, -0.05) is 60.7 Å². The number of hydrogen-bond acceptors (Lipinski definition) is 5. The molecule has 0 radical (unpaired) electrons. The van der Waals surface area contributed by atoms with Crippen LogP contribution >= 0.6 is 11.8 Å². The molecule has 4 nitrogen and oxygen atoms in total. The number of carbonyl (C=O) groups excluding carboxylic acids is 2. The van der Waals surface area contributed by atoms with Crippen molar-refractivity contribution in [3.8, 4) is 0 Å². The Labute approximate surface area is 151 Å². The average Bonchev–Trinajstić information content (AvgIpc) is 3.16. The van der Waals surface area contributed by atoms with Crippen LogP contribution in [0.1, 0.15) is 24.0 Å². The third kappa shape index (κ3) is 5.10. The molecule has 1 aliphatic heterocycles. The van der Waals surface area contributed by atoms with Crippen molar-refractivity contribution in [2.75, 3.05) is 0 Å². The normalized spacial score (nSPS) is 19.4. The van der Waals surface area contributed by atoms with E-state index in [-0.39, 0.29) is 35.7 Å². The predicted octanol–water partition coefficient (Wildman–Crippen LogP) is 3.74. The fraction of sp³-hybridized carbons (Fsp3) is 0.300. The minimum atomic E-state index is -0.294. The SMILES string of the molecule is O=C(OCc1ccccc1)C1CCC(C(=O)OCc2ccccc2)S1. The van der Waals surface area contributed by atoms with E-state index in [4.69, 9.17) is 9.47 Å². The van der Waals surface area contributed by atoms with E-state index in [9.17, 15) is 9.59 Å². The van der Waals surface area contributed by atoms with Gasteiger partial charge in [0.25, 0.3) is 0 Å². The summed E-state index contributed by atoms with van der Waals surface area (Å²) >= 11 is 1.35. The Morgan fingerprint density at radius 2 is 1.16 bits per heavy atom. The van der Waals surface area contributed by atoms with Crippen molar-refractivity contribution in [3.05, 3.63) is 71.8 Å². The zero-order chi connectivity index (χ0) is 17.5. The smallest absolute Gasteiger partial charge is 0.319 e. The largest absolute Gasteiger partial charge is 0.460 e. The highest BCUT2D eigenvalue weighted by Crippen LogP contribution is 2.35. The molecule has 130 valence electrons. The van der Waals surface area contributed by atoms with E-state index in [1.54, 1.807) is 0 Å². The van der Waals surface area contributed by atoms with Crippen LogP contribution in [0.4, 0.5) is 0 Å². The Hall–Kier alpha value is -2.27. The quantitative estimate of drug-likeness (QED) is 0.738. The lowest BCUT2D eigenvalue weighted by Gasteiger charge is -2.11. The molecule has 0 amide bonds. The fourth-order valence-corrected chi connectivity index (χ4v) is 3.93. The molecule has 3 rings (SSSR count). The standard InChI is InChI=1S/C20H20O4S/c21-19(23-13-15-7-3-1-4-8-15)17-11-12-18(25-17)20(22)24-14-16-9-5-2-6-10-16/h1-10,17-18H,11-14H2. The van der Waals surface area contributed by atoms with Gasteiger partial charge in [-0.15, -0.1) is 11.8 Å². The van der Waals surface area contributed by atoms with Crippen LogP contribution in [0.2, 0.25) is 0 Å². The molecular formula is C20H20O4S. The summed E-state index contributed by atoms with van der Waals surface area (Å²) in [5.74, 6) is -0.514. The Morgan fingerprint density at radius 3 is 1.56 bits per heavy atom. The number of carbonyl (C=O) groups is 2. The third-order valence-corrected chi connectivity index (χ3v) is 5.51. The monoisotopic (exact) mass is 356 g/mol. The van der Waals surface area contributed by atoms with Crippen molar-refractivity contribution in [2.45, 2.75) is 36.6 Å². The molecule has 1 heterocycles. The number of thioether (sulfide) groups is 1. The summed E-state index contributed by atoms with van der Waals surface area (Å²) in [5, 5.41) is -0.587. The Balaban J connectivity index is 1.43. The van der Waals surface area contributed by atoms with E-state index in [0.29, 0.717) is 12.8 Å². The summed E-state index contributed by atoms with van der Waals surface area (Å²) in [4.78, 5) is 24.3. The van der Waals surface area contributed by atoms with Gasteiger partial charge in [-0.3, -0.25) is 9.59 Å². The van der Waals surface area contributed by atoms with Crippen LogP contribution < -0.4 is 0 Å². The first-order valence-corrected chi connectivity index (χ1v) is 9.23. The zero-order valence-corrected chi connectivity index (χ0v) is 14.6. The van der Waals surface area contributed by atoms with E-state index in [0.717, 1.165) is 11.1 Å². The van der Waals surface area contributed by atoms with Gasteiger partial charge >= 0.3 is 11.9 Å². The van der Waals surface area contributed by atoms with Gasteiger partial charge in [-0.25, -0.2) is 0 Å². The van der Waals surface area contributed by atoms with E-state index in [1.807, 2.05) is 60.7 Å². The molecule has 2 atom stereocenters. The molecule has 0 N–H and O–H groups in total. The topological polar surface area (TPSA) is 52.6 Å². The summed E-state index contributed by atoms with van der Waals surface area (Å²) in [7, 11) is 0. The zero-order valence-electron chi connectivity index (χ0n) is 13.8. The summed E-state index contributed by atoms with van der Waals surface area (Å²) in [6.07, 6.45) is 1.28. The number of rotatable bonds is 6. The predicted molar refractivity (Wildman–Crippen MR) is 96.9 cm³/mol. The second-order valence-electron chi connectivity index (χ2n) is 5.88. The molecule has 0 spiro atoms. The van der Waals surface area contributed by atoms with Crippen molar-refractivity contribution in [2.24, 2.45) is 0 Å². The molecular weight excluding hydrogens is 336 g/mol. The number of benzene rings is 2. The third-order valence-electron chi connectivity index (χ3n) is 3.99. The lowest BCUT2D eigenvalue weighted by molar-refractivity contribution is -0.145. The number of ether oxygens (including phenoxy) is 2. The lowest BCUT2D eigenvalue weighted by atomic mass is 10.2. The van der Waals surface area contributed by atoms with E-state index < -0.39 is 0 Å². The van der Waals surface area contributed by atoms with Crippen molar-refractivity contribution < 1.29 is 19.1 Å². The number of esters is 2. The van der Waals surface area contributed by atoms with Crippen LogP contribution in [0.25, 0.3) is 0 Å². The molecule has 0 aromatic heterocycles. The van der Waals surface area contributed by atoms with Gasteiger partial charge in [-0.05, 0) is 24.0 Å². The van der Waals surface area contributed by atoms with Crippen molar-refractivity contribution in [1.82, 2.24) is 0 Å². The van der Waals surface area contributed by atoms with Gasteiger partial charge in [0.2, 0.25) is 0 Å². The minimum Gasteiger partial charge on any atom is -0.460 e. The maximum Gasteiger partial charge on any atom is 0.319 e. The highest BCUT2D eigenvalue weighted by atomic mass is 32.2. The van der Waals surface area contributed by atoms with Crippen LogP contribution in [0.3, 0.4) is 0 Å². The molecule has 2 aromatic carbocycles. The second kappa shape index (κ2) is 8.72. The van der Waals surface area contributed by atoms with E-state index in [2.05, 4.69) is 0 Å². The fourth-order valence-electron chi connectivity index (χ4n) is 2.63. The van der Waals surface area contributed by atoms with Gasteiger partial charge in [-0.2, -0.15) is 0 Å². The lowest BCUT2D eigenvalue weighted by Crippen LogP contribution is -2.20. The molecule has 2 unspecified atom stereocenters. The van der Waals surface area contributed by atoms with Gasteiger partial charge in [0.15, 0.2) is 0 Å². The second-order valence-corrected chi connectivity index (χ2v) is 7.29. The Bertz CT molecular complexity index is 641. The van der Waals surface area contributed by atoms with E-state index in [1.165, 1.54) is 11.8 Å². The minimum absolute atomic E-state index is 0.257. The molecule has 1 fully saturated rings. The molecule has 2 aromatic rings. The maximum atomic E-state index is 12.2. The number of hydrogen-bond donors (Lipinski definition) is 0. The first kappa shape index (κ1) is 17.5. The Kier molecular flexibility index (Phi) is 6.12. The van der Waals surface area contributed by atoms with Crippen LogP contribution in [0.15, 0.2) is 60.7 Å². The van der Waals surface area contributed by atoms with E-state index >= 15 is 0 Å². The molecule has 1 aliphatic rings. The van der Waals surface area contributed by atoms with Crippen molar-refractivity contribution in [1.29, 1.82) is 0 Å². The Morgan fingerprint density at radius 1 is 0.760 bits per heavy atom. The van der Waals surface area contributed by atoms with Crippen LogP contribution in [0, 0.1) is 0 Å². The molecule has 1 saturated heterocycles. The first-order chi connectivity index (χ1) is 12.2. The molecule has 0 bridgehead atoms. The molecule has 0 aliphatic carbocycles. The average molecular weight is 356 g/mol. The van der Waals surface area contributed by atoms with Crippen molar-refractivity contribution >= 4 is 23.7 Å². The van der Waals surface area contributed by atoms with Gasteiger partial charge in [0, 0.05) is 0 Å². The van der Waals surface area contributed by atoms with Crippen LogP contribution in [0.5, 0.6) is 0 Å². The molecule has 5 heteroatoms. The summed E-state index contributed by atoms with van der Waals surface area (Å²) < 4.78 is 10.7. The summed E-state index contributed by atoms with van der Waals surface area (Å²) in [6.45, 7) is 0.527. The maximum absolute atomic E-state index is 12.2. The van der Waals surface area contributed by atoms with Crippen LogP contribution in [-0.2, 0) is 32.3 Å². The van der Waals surface area contributed by atoms with Crippen LogP contribution in [-0.4, -0.2) is 22.4 Å². The van der Waals surface area contributed by atoms with Gasteiger partial charge in [0.1, 0.15) is 23.7 Å². The van der Waals surface area contributed by atoms with Gasteiger partial charge in [0.05, 0.1) is 0 Å². The molecule has 25 heavy (non-hydrogen) atoms. The highest BCUT2D eigenvalue weighted by molar-refractivity contribution is 8.02. The summed E-state index contributed by atoms with van der Waals surface area (Å²) in [6, 6.07) is 19.1.